The molecule has 3 nitrogen and oxygen atoms in total. The van der Waals surface area contributed by atoms with E-state index in [1.807, 2.05) is 0 Å². The summed E-state index contributed by atoms with van der Waals surface area (Å²) in [5.41, 5.74) is 0. The van der Waals surface area contributed by atoms with Crippen LogP contribution in [0, 0.1) is 0 Å². The van der Waals surface area contributed by atoms with E-state index in [2.05, 4.69) is 6.92 Å². The summed E-state index contributed by atoms with van der Waals surface area (Å²) in [5.74, 6) is 0.120. The number of rotatable bonds is 7. The Balaban J connectivity index is 3.56. The number of hydrogen-bond donors (Lipinski definition) is 1. The average Bonchev–Trinajstić information content (AvgIpc) is 2.03. The van der Waals surface area contributed by atoms with Crippen LogP contribution in [-0.2, 0) is 9.53 Å². The molecule has 0 rings (SSSR count). The van der Waals surface area contributed by atoms with E-state index >= 15 is 0 Å². The van der Waals surface area contributed by atoms with Crippen LogP contribution in [0.2, 0.25) is 0 Å². The third-order valence-electron chi connectivity index (χ3n) is 1.41. The third kappa shape index (κ3) is 5.43. The lowest BCUT2D eigenvalue weighted by molar-refractivity contribution is -0.137. The van der Waals surface area contributed by atoms with Gasteiger partial charge in [-0.3, -0.25) is 4.79 Å². The van der Waals surface area contributed by atoms with E-state index in [0.717, 1.165) is 18.6 Å². The van der Waals surface area contributed by atoms with Gasteiger partial charge in [-0.1, -0.05) is 13.3 Å². The maximum Gasteiger partial charge on any atom is 0.319 e. The lowest BCUT2D eigenvalue weighted by Gasteiger charge is -2.09. The van der Waals surface area contributed by atoms with Crippen molar-refractivity contribution in [3.8, 4) is 0 Å². The van der Waals surface area contributed by atoms with Crippen LogP contribution in [-0.4, -0.2) is 35.8 Å². The largest absolute Gasteiger partial charge is 0.480 e. The van der Waals surface area contributed by atoms with Crippen LogP contribution in [0.5, 0.6) is 0 Å². The lowest BCUT2D eigenvalue weighted by Crippen LogP contribution is -2.22. The Labute approximate surface area is 77.5 Å². The van der Waals surface area contributed by atoms with E-state index in [4.69, 9.17) is 9.84 Å². The number of thioether (sulfide) groups is 1. The molecule has 0 radical (unpaired) electrons. The van der Waals surface area contributed by atoms with Crippen molar-refractivity contribution in [2.45, 2.75) is 25.0 Å². The molecule has 0 aromatic carbocycles. The first-order valence-electron chi connectivity index (χ1n) is 4.05. The van der Waals surface area contributed by atoms with Crippen molar-refractivity contribution in [3.05, 3.63) is 0 Å². The van der Waals surface area contributed by atoms with Gasteiger partial charge >= 0.3 is 5.97 Å². The topological polar surface area (TPSA) is 46.5 Å². The zero-order chi connectivity index (χ0) is 9.40. The fourth-order valence-corrected chi connectivity index (χ4v) is 1.83. The van der Waals surface area contributed by atoms with Gasteiger partial charge < -0.3 is 9.84 Å². The molecule has 0 fully saturated rings. The van der Waals surface area contributed by atoms with E-state index in [1.165, 1.54) is 18.9 Å². The van der Waals surface area contributed by atoms with E-state index in [1.54, 1.807) is 0 Å². The molecule has 0 spiro atoms. The molecule has 0 amide bonds. The Morgan fingerprint density at radius 2 is 2.33 bits per heavy atom. The molecule has 0 aliphatic heterocycles. The molecule has 0 aromatic rings. The molecule has 0 saturated carbocycles. The van der Waals surface area contributed by atoms with Crippen LogP contribution >= 0.6 is 11.8 Å². The summed E-state index contributed by atoms with van der Waals surface area (Å²) in [4.78, 5) is 10.6. The molecule has 0 aliphatic rings. The van der Waals surface area contributed by atoms with Crippen LogP contribution in [0.1, 0.15) is 19.8 Å². The second-order valence-electron chi connectivity index (χ2n) is 2.51. The number of carboxylic acids is 1. The van der Waals surface area contributed by atoms with Gasteiger partial charge in [0.05, 0.1) is 6.61 Å². The number of aliphatic carboxylic acids is 1. The summed E-state index contributed by atoms with van der Waals surface area (Å²) in [7, 11) is 1.52. The highest BCUT2D eigenvalue weighted by Crippen LogP contribution is 2.13. The van der Waals surface area contributed by atoms with Gasteiger partial charge in [-0.2, -0.15) is 0 Å². The summed E-state index contributed by atoms with van der Waals surface area (Å²) in [5, 5.41) is 8.30. The van der Waals surface area contributed by atoms with Crippen molar-refractivity contribution >= 4 is 17.7 Å². The highest BCUT2D eigenvalue weighted by atomic mass is 32.2. The van der Waals surface area contributed by atoms with Crippen molar-refractivity contribution in [3.63, 3.8) is 0 Å². The fraction of sp³-hybridized carbons (Fsp3) is 0.875. The van der Waals surface area contributed by atoms with Crippen molar-refractivity contribution in [1.29, 1.82) is 0 Å². The Morgan fingerprint density at radius 1 is 1.67 bits per heavy atom. The molecular formula is C8H16O3S. The SMILES string of the molecule is CCCCSC(COC)C(=O)O. The number of methoxy groups -OCH3 is 1. The molecule has 0 bridgehead atoms. The van der Waals surface area contributed by atoms with Crippen LogP contribution in [0.15, 0.2) is 0 Å². The first-order valence-corrected chi connectivity index (χ1v) is 5.10. The molecule has 0 aliphatic carbocycles. The lowest BCUT2D eigenvalue weighted by atomic mass is 10.4. The third-order valence-corrected chi connectivity index (χ3v) is 2.67. The minimum Gasteiger partial charge on any atom is -0.480 e. The second-order valence-corrected chi connectivity index (χ2v) is 3.82. The first-order chi connectivity index (χ1) is 5.72. The predicted molar refractivity (Wildman–Crippen MR) is 50.7 cm³/mol. The van der Waals surface area contributed by atoms with Gasteiger partial charge in [0.1, 0.15) is 5.25 Å². The molecule has 1 unspecified atom stereocenters. The maximum absolute atomic E-state index is 10.6. The average molecular weight is 192 g/mol. The Hall–Kier alpha value is -0.220. The van der Waals surface area contributed by atoms with E-state index < -0.39 is 11.2 Å². The molecule has 0 saturated heterocycles. The Morgan fingerprint density at radius 3 is 2.75 bits per heavy atom. The summed E-state index contributed by atoms with van der Waals surface area (Å²) in [6.45, 7) is 2.39. The molecule has 1 N–H and O–H groups in total. The van der Waals surface area contributed by atoms with Gasteiger partial charge in [-0.25, -0.2) is 0 Å². The van der Waals surface area contributed by atoms with Crippen LogP contribution in [0.25, 0.3) is 0 Å². The quantitative estimate of drug-likeness (QED) is 0.623. The normalized spacial score (nSPS) is 12.8. The molecular weight excluding hydrogens is 176 g/mol. The number of carbonyl (C=O) groups is 1. The highest BCUT2D eigenvalue weighted by Gasteiger charge is 2.16. The molecule has 72 valence electrons. The van der Waals surface area contributed by atoms with Crippen molar-refractivity contribution in [1.82, 2.24) is 0 Å². The highest BCUT2D eigenvalue weighted by molar-refractivity contribution is 8.00. The predicted octanol–water partition coefficient (Wildman–Crippen LogP) is 1.62. The smallest absolute Gasteiger partial charge is 0.319 e. The minimum absolute atomic E-state index is 0.295. The van der Waals surface area contributed by atoms with Crippen molar-refractivity contribution in [2.24, 2.45) is 0 Å². The molecule has 0 aromatic heterocycles. The van der Waals surface area contributed by atoms with E-state index in [-0.39, 0.29) is 0 Å². The van der Waals surface area contributed by atoms with Gasteiger partial charge in [0.25, 0.3) is 0 Å². The van der Waals surface area contributed by atoms with Gasteiger partial charge in [0.15, 0.2) is 0 Å². The zero-order valence-corrected chi connectivity index (χ0v) is 8.39. The van der Waals surface area contributed by atoms with Gasteiger partial charge in [-0.15, -0.1) is 11.8 Å². The first kappa shape index (κ1) is 11.8. The summed E-state index contributed by atoms with van der Waals surface area (Å²) >= 11 is 1.45. The minimum atomic E-state index is -0.780. The Kier molecular flexibility index (Phi) is 7.29. The molecule has 4 heteroatoms. The number of ether oxygens (including phenoxy) is 1. The Bertz CT molecular complexity index is 127. The zero-order valence-electron chi connectivity index (χ0n) is 7.58. The maximum atomic E-state index is 10.6. The molecule has 12 heavy (non-hydrogen) atoms. The van der Waals surface area contributed by atoms with Crippen molar-refractivity contribution in [2.75, 3.05) is 19.5 Å². The van der Waals surface area contributed by atoms with Crippen LogP contribution in [0.3, 0.4) is 0 Å². The molecule has 1 atom stereocenters. The van der Waals surface area contributed by atoms with E-state index in [0.29, 0.717) is 6.61 Å². The number of unbranched alkanes of at least 4 members (excludes halogenated alkanes) is 1. The van der Waals surface area contributed by atoms with Crippen LogP contribution < -0.4 is 0 Å². The number of carboxylic acid groups (broad SMARTS) is 1. The van der Waals surface area contributed by atoms with Crippen molar-refractivity contribution < 1.29 is 14.6 Å². The summed E-state index contributed by atoms with van der Waals surface area (Å²) in [6, 6.07) is 0. The summed E-state index contributed by atoms with van der Waals surface area (Å²) < 4.78 is 4.79. The monoisotopic (exact) mass is 192 g/mol. The van der Waals surface area contributed by atoms with Gasteiger partial charge in [0.2, 0.25) is 0 Å². The summed E-state index contributed by atoms with van der Waals surface area (Å²) in [6.07, 6.45) is 2.17. The standard InChI is InChI=1S/C8H16O3S/c1-3-4-5-12-7(6-11-2)8(9)10/h7H,3-6H2,1-2H3,(H,9,10). The van der Waals surface area contributed by atoms with E-state index in [9.17, 15) is 4.79 Å². The fourth-order valence-electron chi connectivity index (χ4n) is 0.712. The second kappa shape index (κ2) is 7.43. The number of hydrogen-bond acceptors (Lipinski definition) is 3. The molecule has 0 heterocycles. The van der Waals surface area contributed by atoms with Gasteiger partial charge in [0, 0.05) is 7.11 Å². The van der Waals surface area contributed by atoms with Crippen LogP contribution in [0.4, 0.5) is 0 Å². The van der Waals surface area contributed by atoms with Gasteiger partial charge in [-0.05, 0) is 12.2 Å².